The summed E-state index contributed by atoms with van der Waals surface area (Å²) in [5.41, 5.74) is 2.67. The predicted molar refractivity (Wildman–Crippen MR) is 117 cm³/mol. The van der Waals surface area contributed by atoms with Crippen molar-refractivity contribution in [2.75, 3.05) is 11.7 Å². The van der Waals surface area contributed by atoms with Crippen molar-refractivity contribution in [3.05, 3.63) is 84.2 Å². The van der Waals surface area contributed by atoms with Crippen LogP contribution in [-0.4, -0.2) is 22.7 Å². The first kappa shape index (κ1) is 18.3. The maximum Gasteiger partial charge on any atom is 0.253 e. The summed E-state index contributed by atoms with van der Waals surface area (Å²) < 4.78 is 11.8. The fourth-order valence-corrected chi connectivity index (χ4v) is 4.13. The Morgan fingerprint density at radius 2 is 2.00 bits per heavy atom. The molecule has 0 bridgehead atoms. The van der Waals surface area contributed by atoms with Crippen LogP contribution in [0.3, 0.4) is 0 Å². The van der Waals surface area contributed by atoms with E-state index < -0.39 is 0 Å². The van der Waals surface area contributed by atoms with E-state index in [1.807, 2.05) is 54.6 Å². The number of thiazole rings is 1. The molecular formula is C23H17N3O3S. The lowest BCUT2D eigenvalue weighted by Gasteiger charge is -2.18. The van der Waals surface area contributed by atoms with Crippen LogP contribution in [-0.2, 0) is 11.3 Å². The molecule has 0 aliphatic carbocycles. The van der Waals surface area contributed by atoms with E-state index in [1.165, 1.54) is 11.3 Å². The molecule has 2 aromatic heterocycles. The molecule has 0 radical (unpaired) electrons. The minimum atomic E-state index is -0.157. The summed E-state index contributed by atoms with van der Waals surface area (Å²) in [5, 5.41) is 0.653. The van der Waals surface area contributed by atoms with Crippen LogP contribution < -0.4 is 14.4 Å². The number of rotatable bonds is 5. The van der Waals surface area contributed by atoms with Gasteiger partial charge in [0.2, 0.25) is 6.79 Å². The molecule has 1 amide bonds. The standard InChI is InChI=1S/C23H17N3O3S/c27-22(10-8-16-7-9-19-20(12-16)29-15-28-19)26(14-17-4-3-11-24-13-17)23-25-18-5-1-2-6-21(18)30-23/h1-13H,14-15H2/b10-8+. The van der Waals surface area contributed by atoms with Gasteiger partial charge in [-0.2, -0.15) is 0 Å². The van der Waals surface area contributed by atoms with Gasteiger partial charge in [-0.25, -0.2) is 4.98 Å². The van der Waals surface area contributed by atoms with E-state index in [2.05, 4.69) is 9.97 Å². The number of nitrogens with zero attached hydrogens (tertiary/aromatic N) is 3. The third-order valence-corrected chi connectivity index (χ3v) is 5.72. The number of hydrogen-bond donors (Lipinski definition) is 0. The molecule has 4 aromatic rings. The monoisotopic (exact) mass is 415 g/mol. The molecule has 3 heterocycles. The van der Waals surface area contributed by atoms with Gasteiger partial charge >= 0.3 is 0 Å². The average Bonchev–Trinajstić information content (AvgIpc) is 3.42. The van der Waals surface area contributed by atoms with Crippen LogP contribution in [0.5, 0.6) is 11.5 Å². The van der Waals surface area contributed by atoms with E-state index in [0.29, 0.717) is 23.2 Å². The summed E-state index contributed by atoms with van der Waals surface area (Å²) >= 11 is 1.49. The first-order valence-corrected chi connectivity index (χ1v) is 10.2. The minimum absolute atomic E-state index is 0.157. The zero-order chi connectivity index (χ0) is 20.3. The highest BCUT2D eigenvalue weighted by Crippen LogP contribution is 2.33. The van der Waals surface area contributed by atoms with Crippen molar-refractivity contribution in [2.24, 2.45) is 0 Å². The van der Waals surface area contributed by atoms with Crippen LogP contribution in [0.2, 0.25) is 0 Å². The lowest BCUT2D eigenvalue weighted by molar-refractivity contribution is -0.114. The Morgan fingerprint density at radius 3 is 2.87 bits per heavy atom. The van der Waals surface area contributed by atoms with Gasteiger partial charge < -0.3 is 9.47 Å². The molecule has 0 fully saturated rings. The fourth-order valence-electron chi connectivity index (χ4n) is 3.16. The highest BCUT2D eigenvalue weighted by Gasteiger charge is 2.19. The molecule has 1 aliphatic rings. The van der Waals surface area contributed by atoms with Crippen molar-refractivity contribution in [1.29, 1.82) is 0 Å². The summed E-state index contributed by atoms with van der Waals surface area (Å²) in [6.07, 6.45) is 6.80. The van der Waals surface area contributed by atoms with Crippen LogP contribution in [0, 0.1) is 0 Å². The van der Waals surface area contributed by atoms with E-state index >= 15 is 0 Å². The smallest absolute Gasteiger partial charge is 0.253 e. The number of amides is 1. The highest BCUT2D eigenvalue weighted by atomic mass is 32.1. The largest absolute Gasteiger partial charge is 0.454 e. The molecule has 2 aromatic carbocycles. The third kappa shape index (κ3) is 3.75. The Morgan fingerprint density at radius 1 is 1.10 bits per heavy atom. The topological polar surface area (TPSA) is 64.6 Å². The number of fused-ring (bicyclic) bond motifs is 2. The van der Waals surface area contributed by atoms with Crippen molar-refractivity contribution in [3.63, 3.8) is 0 Å². The molecule has 0 saturated carbocycles. The number of aromatic nitrogens is 2. The first-order chi connectivity index (χ1) is 14.8. The highest BCUT2D eigenvalue weighted by molar-refractivity contribution is 7.22. The van der Waals surface area contributed by atoms with E-state index in [9.17, 15) is 4.79 Å². The number of para-hydroxylation sites is 1. The van der Waals surface area contributed by atoms with Gasteiger partial charge in [0.1, 0.15) is 0 Å². The van der Waals surface area contributed by atoms with Crippen LogP contribution in [0.25, 0.3) is 16.3 Å². The Balaban J connectivity index is 1.45. The predicted octanol–water partition coefficient (Wildman–Crippen LogP) is 4.67. The maximum absolute atomic E-state index is 13.2. The molecule has 1 aliphatic heterocycles. The number of carbonyl (C=O) groups is 1. The van der Waals surface area contributed by atoms with Crippen LogP contribution in [0.1, 0.15) is 11.1 Å². The Bertz CT molecular complexity index is 1200. The number of ether oxygens (including phenoxy) is 2. The van der Waals surface area contributed by atoms with E-state index in [0.717, 1.165) is 21.3 Å². The van der Waals surface area contributed by atoms with Gasteiger partial charge in [-0.1, -0.05) is 35.6 Å². The lowest BCUT2D eigenvalue weighted by atomic mass is 10.2. The molecule has 0 spiro atoms. The molecule has 5 rings (SSSR count). The molecular weight excluding hydrogens is 398 g/mol. The van der Waals surface area contributed by atoms with Crippen molar-refractivity contribution in [1.82, 2.24) is 9.97 Å². The molecule has 148 valence electrons. The molecule has 0 N–H and O–H groups in total. The maximum atomic E-state index is 13.2. The molecule has 0 atom stereocenters. The number of anilines is 1. The Hall–Kier alpha value is -3.71. The van der Waals surface area contributed by atoms with Gasteiger partial charge in [-0.05, 0) is 47.5 Å². The summed E-state index contributed by atoms with van der Waals surface area (Å²) in [4.78, 5) is 23.7. The number of pyridine rings is 1. The SMILES string of the molecule is O=C(/C=C/c1ccc2c(c1)OCO2)N(Cc1cccnc1)c1nc2ccccc2s1. The summed E-state index contributed by atoms with van der Waals surface area (Å²) in [6.45, 7) is 0.607. The number of carbonyl (C=O) groups excluding carboxylic acids is 1. The molecule has 6 nitrogen and oxygen atoms in total. The lowest BCUT2D eigenvalue weighted by Crippen LogP contribution is -2.28. The van der Waals surface area contributed by atoms with Crippen LogP contribution in [0.4, 0.5) is 5.13 Å². The van der Waals surface area contributed by atoms with Crippen molar-refractivity contribution >= 4 is 38.7 Å². The van der Waals surface area contributed by atoms with Crippen molar-refractivity contribution in [3.8, 4) is 11.5 Å². The van der Waals surface area contributed by atoms with E-state index in [4.69, 9.17) is 9.47 Å². The fraction of sp³-hybridized carbons (Fsp3) is 0.0870. The third-order valence-electron chi connectivity index (χ3n) is 4.66. The van der Waals surface area contributed by atoms with Crippen LogP contribution in [0.15, 0.2) is 73.1 Å². The van der Waals surface area contributed by atoms with Gasteiger partial charge in [-0.3, -0.25) is 14.7 Å². The zero-order valence-corrected chi connectivity index (χ0v) is 16.7. The average molecular weight is 415 g/mol. The molecule has 30 heavy (non-hydrogen) atoms. The summed E-state index contributed by atoms with van der Waals surface area (Å²) in [5.74, 6) is 1.24. The molecule has 7 heteroatoms. The molecule has 0 unspecified atom stereocenters. The summed E-state index contributed by atoms with van der Waals surface area (Å²) in [7, 11) is 0. The first-order valence-electron chi connectivity index (χ1n) is 9.40. The second kappa shape index (κ2) is 7.96. The van der Waals surface area contributed by atoms with Gasteiger partial charge in [0.25, 0.3) is 5.91 Å². The van der Waals surface area contributed by atoms with Gasteiger partial charge in [-0.15, -0.1) is 0 Å². The molecule has 0 saturated heterocycles. The quantitative estimate of drug-likeness (QED) is 0.443. The Kier molecular flexibility index (Phi) is 4.86. The van der Waals surface area contributed by atoms with Crippen molar-refractivity contribution in [2.45, 2.75) is 6.54 Å². The van der Waals surface area contributed by atoms with Gasteiger partial charge in [0.05, 0.1) is 16.8 Å². The van der Waals surface area contributed by atoms with E-state index in [1.54, 1.807) is 29.4 Å². The van der Waals surface area contributed by atoms with Crippen LogP contribution >= 0.6 is 11.3 Å². The number of hydrogen-bond acceptors (Lipinski definition) is 6. The Labute approximate surface area is 177 Å². The normalized spacial score (nSPS) is 12.5. The van der Waals surface area contributed by atoms with Crippen molar-refractivity contribution < 1.29 is 14.3 Å². The van der Waals surface area contributed by atoms with E-state index in [-0.39, 0.29) is 12.7 Å². The second-order valence-electron chi connectivity index (χ2n) is 6.70. The number of benzene rings is 2. The van der Waals surface area contributed by atoms with Gasteiger partial charge in [0.15, 0.2) is 16.6 Å². The zero-order valence-electron chi connectivity index (χ0n) is 15.9. The second-order valence-corrected chi connectivity index (χ2v) is 7.70. The summed E-state index contributed by atoms with van der Waals surface area (Å²) in [6, 6.07) is 17.3. The van der Waals surface area contributed by atoms with Gasteiger partial charge in [0, 0.05) is 18.5 Å². The minimum Gasteiger partial charge on any atom is -0.454 e.